The zero-order valence-electron chi connectivity index (χ0n) is 8.36. The lowest BCUT2D eigenvalue weighted by Gasteiger charge is -2.33. The topological polar surface area (TPSA) is 41.9 Å². The van der Waals surface area contributed by atoms with Crippen molar-refractivity contribution in [2.24, 2.45) is 0 Å². The van der Waals surface area contributed by atoms with Crippen LogP contribution in [0.3, 0.4) is 0 Å². The van der Waals surface area contributed by atoms with E-state index in [0.29, 0.717) is 6.54 Å². The molecule has 0 aliphatic carbocycles. The molecule has 2 heterocycles. The first-order valence-electron chi connectivity index (χ1n) is 4.70. The molecule has 2 aliphatic rings. The third-order valence-electron chi connectivity index (χ3n) is 2.59. The first-order chi connectivity index (χ1) is 5.98. The summed E-state index contributed by atoms with van der Waals surface area (Å²) in [5, 5.41) is 9.74. The van der Waals surface area contributed by atoms with E-state index in [4.69, 9.17) is 9.47 Å². The van der Waals surface area contributed by atoms with Gasteiger partial charge in [-0.1, -0.05) is 0 Å². The van der Waals surface area contributed by atoms with Crippen molar-refractivity contribution in [2.75, 3.05) is 20.1 Å². The number of aliphatic hydroxyl groups is 1. The minimum absolute atomic E-state index is 0.0174. The standard InChI is InChI=1S/C9H17NO3/c1-9(2)12-7-5-10(3)4-6(11)8(7)13-9/h6-8,11H,4-5H2,1-3H3/t6-,7-,8+/m0/s1. The van der Waals surface area contributed by atoms with Crippen molar-refractivity contribution in [3.63, 3.8) is 0 Å². The molecule has 76 valence electrons. The van der Waals surface area contributed by atoms with Crippen LogP contribution in [0.1, 0.15) is 13.8 Å². The van der Waals surface area contributed by atoms with Gasteiger partial charge in [-0.05, 0) is 20.9 Å². The van der Waals surface area contributed by atoms with Crippen LogP contribution in [-0.4, -0.2) is 54.2 Å². The van der Waals surface area contributed by atoms with Gasteiger partial charge >= 0.3 is 0 Å². The lowest BCUT2D eigenvalue weighted by atomic mass is 10.0. The van der Waals surface area contributed by atoms with Gasteiger partial charge in [0.15, 0.2) is 5.79 Å². The summed E-state index contributed by atoms with van der Waals surface area (Å²) in [7, 11) is 1.98. The van der Waals surface area contributed by atoms with E-state index < -0.39 is 11.9 Å². The molecule has 1 N–H and O–H groups in total. The number of hydrogen-bond donors (Lipinski definition) is 1. The highest BCUT2D eigenvalue weighted by atomic mass is 16.8. The second-order valence-corrected chi connectivity index (χ2v) is 4.43. The highest BCUT2D eigenvalue weighted by Gasteiger charge is 2.47. The van der Waals surface area contributed by atoms with Crippen LogP contribution in [0.5, 0.6) is 0 Å². The second kappa shape index (κ2) is 2.92. The van der Waals surface area contributed by atoms with E-state index >= 15 is 0 Å². The fourth-order valence-electron chi connectivity index (χ4n) is 2.14. The Morgan fingerprint density at radius 2 is 2.00 bits per heavy atom. The number of ether oxygens (including phenoxy) is 2. The van der Waals surface area contributed by atoms with Gasteiger partial charge in [0.2, 0.25) is 0 Å². The lowest BCUT2D eigenvalue weighted by molar-refractivity contribution is -0.152. The third kappa shape index (κ3) is 1.72. The molecule has 0 aromatic carbocycles. The van der Waals surface area contributed by atoms with Crippen LogP contribution in [0.15, 0.2) is 0 Å². The summed E-state index contributed by atoms with van der Waals surface area (Å²) in [6.45, 7) is 5.28. The predicted octanol–water partition coefficient (Wildman–Crippen LogP) is -0.187. The summed E-state index contributed by atoms with van der Waals surface area (Å²) >= 11 is 0. The van der Waals surface area contributed by atoms with Gasteiger partial charge in [-0.2, -0.15) is 0 Å². The molecule has 2 rings (SSSR count). The number of aliphatic hydroxyl groups excluding tert-OH is 1. The molecule has 0 amide bonds. The van der Waals surface area contributed by atoms with Crippen LogP contribution in [0, 0.1) is 0 Å². The van der Waals surface area contributed by atoms with Crippen molar-refractivity contribution >= 4 is 0 Å². The van der Waals surface area contributed by atoms with E-state index in [1.807, 2.05) is 20.9 Å². The number of likely N-dealkylation sites (N-methyl/N-ethyl adjacent to an activating group) is 1. The van der Waals surface area contributed by atoms with Crippen molar-refractivity contribution in [3.8, 4) is 0 Å². The summed E-state index contributed by atoms with van der Waals surface area (Å²) in [6.07, 6.45) is -0.555. The summed E-state index contributed by atoms with van der Waals surface area (Å²) in [5.41, 5.74) is 0. The Balaban J connectivity index is 2.10. The Morgan fingerprint density at radius 3 is 2.69 bits per heavy atom. The molecule has 0 radical (unpaired) electrons. The Bertz CT molecular complexity index is 207. The van der Waals surface area contributed by atoms with E-state index in [1.54, 1.807) is 0 Å². The number of hydrogen-bond acceptors (Lipinski definition) is 4. The maximum atomic E-state index is 9.74. The number of nitrogens with zero attached hydrogens (tertiary/aromatic N) is 1. The summed E-state index contributed by atoms with van der Waals surface area (Å²) in [5.74, 6) is -0.540. The highest BCUT2D eigenvalue weighted by Crippen LogP contribution is 2.32. The van der Waals surface area contributed by atoms with E-state index in [-0.39, 0.29) is 12.2 Å². The molecular formula is C9H17NO3. The fourth-order valence-corrected chi connectivity index (χ4v) is 2.14. The number of β-amino-alcohol motifs (C(OH)–C–C–N with tert-alkyl or cyclic N) is 1. The van der Waals surface area contributed by atoms with Gasteiger partial charge in [-0.15, -0.1) is 0 Å². The molecule has 0 saturated carbocycles. The second-order valence-electron chi connectivity index (χ2n) is 4.43. The molecule has 4 nitrogen and oxygen atoms in total. The predicted molar refractivity (Wildman–Crippen MR) is 47.3 cm³/mol. The van der Waals surface area contributed by atoms with Crippen molar-refractivity contribution < 1.29 is 14.6 Å². The largest absolute Gasteiger partial charge is 0.389 e. The summed E-state index contributed by atoms with van der Waals surface area (Å²) in [6, 6.07) is 0. The molecule has 0 aromatic rings. The minimum Gasteiger partial charge on any atom is -0.389 e. The van der Waals surface area contributed by atoms with Crippen molar-refractivity contribution in [1.29, 1.82) is 0 Å². The monoisotopic (exact) mass is 187 g/mol. The van der Waals surface area contributed by atoms with E-state index in [9.17, 15) is 5.11 Å². The van der Waals surface area contributed by atoms with Gasteiger partial charge in [-0.3, -0.25) is 0 Å². The molecule has 0 bridgehead atoms. The first kappa shape index (κ1) is 9.40. The Hall–Kier alpha value is -0.160. The maximum Gasteiger partial charge on any atom is 0.163 e. The van der Waals surface area contributed by atoms with Gasteiger partial charge in [0.25, 0.3) is 0 Å². The van der Waals surface area contributed by atoms with Gasteiger partial charge in [0, 0.05) is 13.1 Å². The molecule has 2 saturated heterocycles. The van der Waals surface area contributed by atoms with Crippen LogP contribution in [0.25, 0.3) is 0 Å². The van der Waals surface area contributed by atoms with Crippen molar-refractivity contribution in [2.45, 2.75) is 37.9 Å². The zero-order chi connectivity index (χ0) is 9.64. The molecule has 0 aromatic heterocycles. The van der Waals surface area contributed by atoms with Crippen molar-refractivity contribution in [3.05, 3.63) is 0 Å². The Labute approximate surface area is 78.4 Å². The van der Waals surface area contributed by atoms with Gasteiger partial charge < -0.3 is 19.5 Å². The van der Waals surface area contributed by atoms with Gasteiger partial charge in [0.05, 0.1) is 6.10 Å². The molecule has 0 unspecified atom stereocenters. The molecular weight excluding hydrogens is 170 g/mol. The smallest absolute Gasteiger partial charge is 0.163 e. The Morgan fingerprint density at radius 1 is 1.31 bits per heavy atom. The average Bonchev–Trinajstić information content (AvgIpc) is 2.23. The normalized spacial score (nSPS) is 44.8. The van der Waals surface area contributed by atoms with Crippen LogP contribution in [0.2, 0.25) is 0 Å². The molecule has 0 spiro atoms. The van der Waals surface area contributed by atoms with Crippen molar-refractivity contribution in [1.82, 2.24) is 4.90 Å². The molecule has 3 atom stereocenters. The fraction of sp³-hybridized carbons (Fsp3) is 1.00. The van der Waals surface area contributed by atoms with Crippen LogP contribution >= 0.6 is 0 Å². The number of likely N-dealkylation sites (tertiary alicyclic amines) is 1. The highest BCUT2D eigenvalue weighted by molar-refractivity contribution is 4.93. The number of piperidine rings is 1. The van der Waals surface area contributed by atoms with E-state index in [2.05, 4.69) is 4.90 Å². The number of fused-ring (bicyclic) bond motifs is 1. The Kier molecular flexibility index (Phi) is 2.11. The van der Waals surface area contributed by atoms with Crippen LogP contribution in [0.4, 0.5) is 0 Å². The zero-order valence-corrected chi connectivity index (χ0v) is 8.36. The molecule has 2 fully saturated rings. The number of rotatable bonds is 0. The van der Waals surface area contributed by atoms with Gasteiger partial charge in [0.1, 0.15) is 12.2 Å². The summed E-state index contributed by atoms with van der Waals surface area (Å²) < 4.78 is 11.3. The SMILES string of the molecule is CN1C[C@@H]2OC(C)(C)O[C@@H]2[C@@H](O)C1. The van der Waals surface area contributed by atoms with Crippen LogP contribution in [-0.2, 0) is 9.47 Å². The average molecular weight is 187 g/mol. The quantitative estimate of drug-likeness (QED) is 0.571. The molecule has 2 aliphatic heterocycles. The summed E-state index contributed by atoms with van der Waals surface area (Å²) in [4.78, 5) is 2.07. The maximum absolute atomic E-state index is 9.74. The lowest BCUT2D eigenvalue weighted by Crippen LogP contribution is -2.52. The van der Waals surface area contributed by atoms with E-state index in [0.717, 1.165) is 6.54 Å². The molecule has 4 heteroatoms. The van der Waals surface area contributed by atoms with Gasteiger partial charge in [-0.25, -0.2) is 0 Å². The third-order valence-corrected chi connectivity index (χ3v) is 2.59. The minimum atomic E-state index is -0.540. The van der Waals surface area contributed by atoms with E-state index in [1.165, 1.54) is 0 Å². The van der Waals surface area contributed by atoms with Crippen LogP contribution < -0.4 is 0 Å². The molecule has 13 heavy (non-hydrogen) atoms. The first-order valence-corrected chi connectivity index (χ1v) is 4.70.